The Kier molecular flexibility index (Phi) is 5.05. The van der Waals surface area contributed by atoms with E-state index in [2.05, 4.69) is 19.0 Å². The summed E-state index contributed by atoms with van der Waals surface area (Å²) in [5.74, 6) is -0.0620. The summed E-state index contributed by atoms with van der Waals surface area (Å²) in [6, 6.07) is 0.257. The minimum Gasteiger partial charge on any atom is -0.409 e. The Morgan fingerprint density at radius 2 is 1.95 bits per heavy atom. The van der Waals surface area contributed by atoms with Crippen molar-refractivity contribution < 1.29 is 10.0 Å². The van der Waals surface area contributed by atoms with Crippen LogP contribution in [0.25, 0.3) is 0 Å². The number of amidine groups is 1. The Morgan fingerprint density at radius 1 is 1.45 bits per heavy atom. The van der Waals surface area contributed by atoms with Gasteiger partial charge in [-0.05, 0) is 44.4 Å². The van der Waals surface area contributed by atoms with E-state index in [1.54, 1.807) is 11.8 Å². The molecule has 1 aliphatic carbocycles. The van der Waals surface area contributed by atoms with Crippen LogP contribution >= 0.6 is 0 Å². The van der Waals surface area contributed by atoms with Crippen LogP contribution in [0.2, 0.25) is 0 Å². The monoisotopic (exact) mass is 283 g/mol. The highest BCUT2D eigenvalue weighted by Crippen LogP contribution is 2.37. The minimum absolute atomic E-state index is 0.00649. The predicted molar refractivity (Wildman–Crippen MR) is 80.6 cm³/mol. The molecule has 0 aromatic heterocycles. The lowest BCUT2D eigenvalue weighted by atomic mass is 9.74. The van der Waals surface area contributed by atoms with Crippen molar-refractivity contribution >= 4 is 11.7 Å². The van der Waals surface area contributed by atoms with Gasteiger partial charge in [-0.25, -0.2) is 0 Å². The minimum atomic E-state index is -0.920. The van der Waals surface area contributed by atoms with Gasteiger partial charge >= 0.3 is 0 Å². The smallest absolute Gasteiger partial charge is 0.236 e. The first-order valence-electron chi connectivity index (χ1n) is 7.43. The number of hydrogen-bond acceptors (Lipinski definition) is 3. The highest BCUT2D eigenvalue weighted by molar-refractivity contribution is 6.06. The quantitative estimate of drug-likeness (QED) is 0.360. The van der Waals surface area contributed by atoms with Gasteiger partial charge in [-0.3, -0.25) is 4.79 Å². The van der Waals surface area contributed by atoms with Gasteiger partial charge in [0.1, 0.15) is 5.41 Å². The van der Waals surface area contributed by atoms with E-state index >= 15 is 0 Å². The summed E-state index contributed by atoms with van der Waals surface area (Å²) in [6.45, 7) is 8.18. The second kappa shape index (κ2) is 6.02. The van der Waals surface area contributed by atoms with Crippen LogP contribution in [-0.2, 0) is 4.79 Å². The van der Waals surface area contributed by atoms with E-state index in [-0.39, 0.29) is 17.8 Å². The molecule has 0 bridgehead atoms. The maximum atomic E-state index is 12.7. The van der Waals surface area contributed by atoms with Gasteiger partial charge < -0.3 is 15.8 Å². The average Bonchev–Trinajstić information content (AvgIpc) is 2.43. The molecule has 1 amide bonds. The molecule has 1 unspecified atom stereocenters. The number of nitrogens with zero attached hydrogens (tertiary/aromatic N) is 2. The third kappa shape index (κ3) is 3.25. The molecular formula is C15H29N3O2. The largest absolute Gasteiger partial charge is 0.409 e. The molecule has 20 heavy (non-hydrogen) atoms. The zero-order valence-corrected chi connectivity index (χ0v) is 13.4. The molecule has 5 heteroatoms. The van der Waals surface area contributed by atoms with Gasteiger partial charge in [0.05, 0.1) is 0 Å². The van der Waals surface area contributed by atoms with Crippen molar-refractivity contribution in [2.75, 3.05) is 7.05 Å². The van der Waals surface area contributed by atoms with Crippen molar-refractivity contribution in [3.05, 3.63) is 0 Å². The predicted octanol–water partition coefficient (Wildman–Crippen LogP) is 2.58. The van der Waals surface area contributed by atoms with Crippen LogP contribution < -0.4 is 5.73 Å². The maximum Gasteiger partial charge on any atom is 0.236 e. The van der Waals surface area contributed by atoms with E-state index in [0.29, 0.717) is 11.8 Å². The highest BCUT2D eigenvalue weighted by atomic mass is 16.4. The Labute approximate surface area is 122 Å². The van der Waals surface area contributed by atoms with E-state index in [9.17, 15) is 4.79 Å². The zero-order valence-electron chi connectivity index (χ0n) is 13.4. The third-order valence-electron chi connectivity index (χ3n) is 5.03. The Morgan fingerprint density at radius 3 is 2.35 bits per heavy atom. The maximum absolute atomic E-state index is 12.7. The van der Waals surface area contributed by atoms with Crippen LogP contribution in [0.15, 0.2) is 5.16 Å². The second-order valence-corrected chi connectivity index (χ2v) is 6.98. The standard InChI is InChI=1S/C15H29N3O2/c1-6-15(4,12(16)17-20)13(19)18(5)11-7-9-14(2,3)10-8-11/h11,20H,6-10H2,1-5H3,(H2,16,17). The number of oxime groups is 1. The lowest BCUT2D eigenvalue weighted by Gasteiger charge is -2.41. The summed E-state index contributed by atoms with van der Waals surface area (Å²) < 4.78 is 0. The first-order valence-corrected chi connectivity index (χ1v) is 7.43. The molecule has 1 rings (SSSR count). The molecule has 0 radical (unpaired) electrons. The fourth-order valence-corrected chi connectivity index (χ4v) is 2.88. The van der Waals surface area contributed by atoms with Crippen LogP contribution in [0.4, 0.5) is 0 Å². The van der Waals surface area contributed by atoms with E-state index in [1.165, 1.54) is 0 Å². The van der Waals surface area contributed by atoms with E-state index in [4.69, 9.17) is 10.9 Å². The lowest BCUT2D eigenvalue weighted by molar-refractivity contribution is -0.139. The van der Waals surface area contributed by atoms with Crippen molar-refractivity contribution in [2.45, 2.75) is 65.8 Å². The molecular weight excluding hydrogens is 254 g/mol. The number of nitrogens with two attached hydrogens (primary N) is 1. The normalized spacial score (nSPS) is 23.1. The van der Waals surface area contributed by atoms with Crippen LogP contribution in [-0.4, -0.2) is 34.9 Å². The average molecular weight is 283 g/mol. The van der Waals surface area contributed by atoms with Gasteiger partial charge in [0.2, 0.25) is 5.91 Å². The highest BCUT2D eigenvalue weighted by Gasteiger charge is 2.41. The summed E-state index contributed by atoms with van der Waals surface area (Å²) in [5.41, 5.74) is 5.18. The molecule has 0 aromatic carbocycles. The Balaban J connectivity index is 2.81. The molecule has 1 saturated carbocycles. The molecule has 3 N–H and O–H groups in total. The van der Waals surface area contributed by atoms with Crippen LogP contribution in [0.3, 0.4) is 0 Å². The number of amides is 1. The van der Waals surface area contributed by atoms with E-state index < -0.39 is 5.41 Å². The van der Waals surface area contributed by atoms with Crippen molar-refractivity contribution in [1.29, 1.82) is 0 Å². The van der Waals surface area contributed by atoms with Gasteiger partial charge in [-0.2, -0.15) is 0 Å². The molecule has 116 valence electrons. The SMILES string of the molecule is CCC(C)(C(=O)N(C)C1CCC(C)(C)CC1)C(N)=NO. The summed E-state index contributed by atoms with van der Waals surface area (Å²) in [7, 11) is 1.84. The molecule has 5 nitrogen and oxygen atoms in total. The molecule has 0 heterocycles. The Hall–Kier alpha value is -1.26. The van der Waals surface area contributed by atoms with E-state index in [1.807, 2.05) is 14.0 Å². The van der Waals surface area contributed by atoms with Crippen molar-refractivity contribution in [1.82, 2.24) is 4.90 Å². The summed E-state index contributed by atoms with van der Waals surface area (Å²) in [5, 5.41) is 12.0. The first-order chi connectivity index (χ1) is 9.18. The summed E-state index contributed by atoms with van der Waals surface area (Å²) in [6.07, 6.45) is 4.81. The second-order valence-electron chi connectivity index (χ2n) is 6.98. The Bertz CT molecular complexity index is 383. The van der Waals surface area contributed by atoms with E-state index in [0.717, 1.165) is 25.7 Å². The molecule has 0 saturated heterocycles. The van der Waals surface area contributed by atoms with Crippen LogP contribution in [0.1, 0.15) is 59.8 Å². The van der Waals surface area contributed by atoms with Gasteiger partial charge in [0.25, 0.3) is 0 Å². The number of rotatable bonds is 4. The van der Waals surface area contributed by atoms with Gasteiger partial charge in [-0.1, -0.05) is 25.9 Å². The molecule has 0 aromatic rings. The topological polar surface area (TPSA) is 78.9 Å². The van der Waals surface area contributed by atoms with Crippen molar-refractivity contribution in [3.8, 4) is 0 Å². The molecule has 0 spiro atoms. The molecule has 1 atom stereocenters. The first kappa shape index (κ1) is 16.8. The molecule has 1 aliphatic rings. The van der Waals surface area contributed by atoms with Crippen LogP contribution in [0.5, 0.6) is 0 Å². The molecule has 0 aliphatic heterocycles. The lowest BCUT2D eigenvalue weighted by Crippen LogP contribution is -2.52. The molecule has 1 fully saturated rings. The van der Waals surface area contributed by atoms with Crippen LogP contribution in [0, 0.1) is 10.8 Å². The number of hydrogen-bond donors (Lipinski definition) is 2. The summed E-state index contributed by atoms with van der Waals surface area (Å²) in [4.78, 5) is 14.5. The third-order valence-corrected chi connectivity index (χ3v) is 5.03. The number of carbonyl (C=O) groups is 1. The van der Waals surface area contributed by atoms with Gasteiger partial charge in [-0.15, -0.1) is 0 Å². The van der Waals surface area contributed by atoms with Crippen molar-refractivity contribution in [2.24, 2.45) is 21.7 Å². The van der Waals surface area contributed by atoms with Gasteiger partial charge in [0.15, 0.2) is 5.84 Å². The zero-order chi connectivity index (χ0) is 15.6. The summed E-state index contributed by atoms with van der Waals surface area (Å²) >= 11 is 0. The fraction of sp³-hybridized carbons (Fsp3) is 0.867. The number of carbonyl (C=O) groups excluding carboxylic acids is 1. The fourth-order valence-electron chi connectivity index (χ4n) is 2.88. The van der Waals surface area contributed by atoms with Crippen molar-refractivity contribution in [3.63, 3.8) is 0 Å². The van der Waals surface area contributed by atoms with Gasteiger partial charge in [0, 0.05) is 13.1 Å².